The molecule has 50 valence electrons. The summed E-state index contributed by atoms with van der Waals surface area (Å²) in [6, 6.07) is 0. The molecular weight excluding hydrogens is 131 g/mol. The molecule has 4 N–H and O–H groups in total. The van der Waals surface area contributed by atoms with E-state index in [1.807, 2.05) is 0 Å². The first kappa shape index (κ1) is 16.0. The quantitative estimate of drug-likeness (QED) is 0.339. The van der Waals surface area contributed by atoms with Gasteiger partial charge in [-0.25, -0.2) is 0 Å². The molecule has 9 heavy (non-hydrogen) atoms. The van der Waals surface area contributed by atoms with Crippen LogP contribution in [0.4, 0.5) is 0 Å². The third-order valence-electron chi connectivity index (χ3n) is 0. The molecule has 0 radical (unpaired) electrons. The number of amides is 2. The number of nitrogens with two attached hydrogens (primary N) is 2. The summed E-state index contributed by atoms with van der Waals surface area (Å²) in [7, 11) is 0. The number of hydrogen-bond acceptors (Lipinski definition) is 2. The summed E-state index contributed by atoms with van der Waals surface area (Å²) in [4.78, 5) is 18.4. The van der Waals surface area contributed by atoms with Crippen molar-refractivity contribution >= 4 is 11.8 Å². The van der Waals surface area contributed by atoms with Crippen LogP contribution in [0.15, 0.2) is 0 Å². The molecule has 4 nitrogen and oxygen atoms in total. The van der Waals surface area contributed by atoms with Gasteiger partial charge in [0.05, 0.1) is 0 Å². The molecule has 0 spiro atoms. The zero-order valence-corrected chi connectivity index (χ0v) is 7.97. The summed E-state index contributed by atoms with van der Waals surface area (Å²) in [5.74, 6) is -0.667. The second-order valence-corrected chi connectivity index (χ2v) is 1.22. The van der Waals surface area contributed by atoms with Crippen LogP contribution in [0.3, 0.4) is 0 Å². The van der Waals surface area contributed by atoms with Crippen LogP contribution in [0.25, 0.3) is 0 Å². The molecule has 0 atom stereocenters. The van der Waals surface area contributed by atoms with Crippen molar-refractivity contribution in [1.29, 1.82) is 0 Å². The minimum absolute atomic E-state index is 0. The van der Waals surface area contributed by atoms with Gasteiger partial charge in [0.1, 0.15) is 0 Å². The molecule has 0 saturated carbocycles. The first-order chi connectivity index (χ1) is 3.46. The fourth-order valence-corrected chi connectivity index (χ4v) is 0. The van der Waals surface area contributed by atoms with Crippen LogP contribution >= 0.6 is 0 Å². The van der Waals surface area contributed by atoms with Gasteiger partial charge in [0.2, 0.25) is 11.8 Å². The largest absolute Gasteiger partial charge is 1.00 e. The van der Waals surface area contributed by atoms with Crippen LogP contribution in [-0.2, 0) is 9.59 Å². The smallest absolute Gasteiger partial charge is 1.00 e. The summed E-state index contributed by atoms with van der Waals surface area (Å²) in [6.45, 7) is 2.61. The van der Waals surface area contributed by atoms with Gasteiger partial charge in [-0.15, -0.1) is 0 Å². The van der Waals surface area contributed by atoms with Gasteiger partial charge in [-0.1, -0.05) is 0 Å². The van der Waals surface area contributed by atoms with Gasteiger partial charge in [0, 0.05) is 13.8 Å². The summed E-state index contributed by atoms with van der Waals surface area (Å²) < 4.78 is 0. The van der Waals surface area contributed by atoms with E-state index in [2.05, 4.69) is 11.5 Å². The molecule has 5 heteroatoms. The second-order valence-electron chi connectivity index (χ2n) is 1.22. The predicted octanol–water partition coefficient (Wildman–Crippen LogP) is -3.90. The normalized spacial score (nSPS) is 5.56. The van der Waals surface area contributed by atoms with E-state index in [0.717, 1.165) is 0 Å². The van der Waals surface area contributed by atoms with E-state index >= 15 is 0 Å². The Labute approximate surface area is 77.7 Å². The van der Waals surface area contributed by atoms with Gasteiger partial charge in [0.25, 0.3) is 0 Å². The van der Waals surface area contributed by atoms with E-state index in [-0.39, 0.29) is 42.8 Å². The molecule has 2 amide bonds. The van der Waals surface area contributed by atoms with Gasteiger partial charge in [-0.3, -0.25) is 9.59 Å². The van der Waals surface area contributed by atoms with Crippen molar-refractivity contribution in [1.82, 2.24) is 0 Å². The third kappa shape index (κ3) is 77800. The third-order valence-corrected chi connectivity index (χ3v) is 0. The number of carbonyl (C=O) groups is 2. The molecule has 0 aliphatic heterocycles. The summed E-state index contributed by atoms with van der Waals surface area (Å²) in [5.41, 5.74) is 8.94. The zero-order valence-electron chi connectivity index (χ0n) is 6.97. The Morgan fingerprint density at radius 2 is 1.11 bits per heavy atom. The van der Waals surface area contributed by atoms with Crippen molar-refractivity contribution in [3.8, 4) is 0 Å². The summed E-state index contributed by atoms with van der Waals surface area (Å²) >= 11 is 0. The maximum Gasteiger partial charge on any atom is 1.00 e. The Hall–Kier alpha value is -0.0600. The van der Waals surface area contributed by atoms with E-state index in [4.69, 9.17) is 0 Å². The first-order valence-electron chi connectivity index (χ1n) is 1.99. The van der Waals surface area contributed by atoms with Gasteiger partial charge in [0.15, 0.2) is 0 Å². The number of hydrogen-bond donors (Lipinski definition) is 2. The molecule has 0 saturated heterocycles. The summed E-state index contributed by atoms with van der Waals surface area (Å²) in [6.07, 6.45) is 0. The average molecular weight is 142 g/mol. The number of primary amides is 2. The standard InChI is InChI=1S/2C2H5NO.Na.H/c2*1-2(3)4;;/h2*1H3,(H2,3,4);;/q;;+1;-1. The SMILES string of the molecule is CC(N)=O.CC(N)=O.[H-].[Na+]. The van der Waals surface area contributed by atoms with Crippen molar-refractivity contribution in [3.63, 3.8) is 0 Å². The van der Waals surface area contributed by atoms with E-state index in [1.54, 1.807) is 0 Å². The van der Waals surface area contributed by atoms with Crippen molar-refractivity contribution in [2.45, 2.75) is 13.8 Å². The average Bonchev–Trinajstić information content (AvgIpc) is 1.25. The summed E-state index contributed by atoms with van der Waals surface area (Å²) in [5, 5.41) is 0. The van der Waals surface area contributed by atoms with Gasteiger partial charge >= 0.3 is 29.6 Å². The molecule has 0 bridgehead atoms. The maximum absolute atomic E-state index is 9.22. The molecule has 0 aliphatic carbocycles. The molecule has 0 aliphatic rings. The Bertz CT molecular complexity index is 79.3. The van der Waals surface area contributed by atoms with Gasteiger partial charge in [-0.2, -0.15) is 0 Å². The molecule has 0 unspecified atom stereocenters. The predicted molar refractivity (Wildman–Crippen MR) is 30.8 cm³/mol. The molecule has 0 aromatic carbocycles. The minimum atomic E-state index is -0.333. The number of carbonyl (C=O) groups excluding carboxylic acids is 2. The van der Waals surface area contributed by atoms with E-state index in [9.17, 15) is 9.59 Å². The van der Waals surface area contributed by atoms with Crippen LogP contribution in [-0.4, -0.2) is 11.8 Å². The monoisotopic (exact) mass is 142 g/mol. The van der Waals surface area contributed by atoms with Crippen LogP contribution in [0.5, 0.6) is 0 Å². The van der Waals surface area contributed by atoms with Crippen LogP contribution < -0.4 is 41.0 Å². The fourth-order valence-electron chi connectivity index (χ4n) is 0. The fraction of sp³-hybridized carbons (Fsp3) is 0.500. The van der Waals surface area contributed by atoms with E-state index in [0.29, 0.717) is 0 Å². The van der Waals surface area contributed by atoms with Crippen molar-refractivity contribution in [2.75, 3.05) is 0 Å². The van der Waals surface area contributed by atoms with Gasteiger partial charge < -0.3 is 12.9 Å². The van der Waals surface area contributed by atoms with Crippen molar-refractivity contribution in [3.05, 3.63) is 0 Å². The Morgan fingerprint density at radius 1 is 1.11 bits per heavy atom. The minimum Gasteiger partial charge on any atom is -1.00 e. The van der Waals surface area contributed by atoms with E-state index < -0.39 is 0 Å². The zero-order chi connectivity index (χ0) is 7.15. The second kappa shape index (κ2) is 10.8. The molecule has 0 aromatic rings. The van der Waals surface area contributed by atoms with Crippen molar-refractivity contribution in [2.24, 2.45) is 11.5 Å². The van der Waals surface area contributed by atoms with Gasteiger partial charge in [-0.05, 0) is 0 Å². The molecular formula is C4H11N2NaO2. The molecule has 0 rings (SSSR count). The van der Waals surface area contributed by atoms with Crippen LogP contribution in [0.1, 0.15) is 15.3 Å². The molecule has 0 heterocycles. The maximum atomic E-state index is 9.22. The number of rotatable bonds is 0. The van der Waals surface area contributed by atoms with E-state index in [1.165, 1.54) is 13.8 Å². The molecule has 0 aromatic heterocycles. The first-order valence-corrected chi connectivity index (χ1v) is 1.99. The Balaban J connectivity index is -0.0000000300. The molecule has 0 fully saturated rings. The van der Waals surface area contributed by atoms with Crippen LogP contribution in [0, 0.1) is 0 Å². The Kier molecular flexibility index (Phi) is 19.2. The van der Waals surface area contributed by atoms with Crippen LogP contribution in [0.2, 0.25) is 0 Å². The topological polar surface area (TPSA) is 86.2 Å². The Morgan fingerprint density at radius 3 is 1.11 bits per heavy atom. The van der Waals surface area contributed by atoms with Crippen molar-refractivity contribution < 1.29 is 40.6 Å².